The van der Waals surface area contributed by atoms with Crippen molar-refractivity contribution in [3.8, 4) is 22.6 Å². The lowest BCUT2D eigenvalue weighted by atomic mass is 10.1. The Bertz CT molecular complexity index is 1280. The number of sulfonamides is 1. The molecule has 30 heavy (non-hydrogen) atoms. The quantitative estimate of drug-likeness (QED) is 0.424. The lowest BCUT2D eigenvalue weighted by Gasteiger charge is -2.04. The van der Waals surface area contributed by atoms with Crippen LogP contribution < -0.4 is 5.14 Å². The van der Waals surface area contributed by atoms with E-state index in [1.807, 2.05) is 30.3 Å². The molecule has 2 N–H and O–H groups in total. The number of benzene rings is 3. The maximum absolute atomic E-state index is 11.6. The highest BCUT2D eigenvalue weighted by Crippen LogP contribution is 2.36. The first-order chi connectivity index (χ1) is 14.3. The van der Waals surface area contributed by atoms with E-state index >= 15 is 0 Å². The van der Waals surface area contributed by atoms with Crippen molar-refractivity contribution in [2.24, 2.45) is 5.14 Å². The molecule has 5 nitrogen and oxygen atoms in total. The molecule has 0 aliphatic heterocycles. The Labute approximate surface area is 184 Å². The third-order valence-corrected chi connectivity index (χ3v) is 5.82. The van der Waals surface area contributed by atoms with E-state index in [1.165, 1.54) is 12.1 Å². The zero-order chi connectivity index (χ0) is 21.3. The minimum atomic E-state index is -3.79. The topological polar surface area (TPSA) is 86.2 Å². The van der Waals surface area contributed by atoms with Gasteiger partial charge in [-0.05, 0) is 35.9 Å². The third kappa shape index (κ3) is 4.57. The molecular formula is C22H16Cl2N2O3S. The second kappa shape index (κ2) is 8.24. The number of hydrogen-bond donors (Lipinski definition) is 1. The number of oxazole rings is 1. The fourth-order valence-electron chi connectivity index (χ4n) is 3.09. The first-order valence-corrected chi connectivity index (χ1v) is 11.2. The minimum absolute atomic E-state index is 0.0200. The van der Waals surface area contributed by atoms with Gasteiger partial charge in [-0.1, -0.05) is 65.7 Å². The molecule has 0 atom stereocenters. The summed E-state index contributed by atoms with van der Waals surface area (Å²) in [6.45, 7) is 0. The molecular weight excluding hydrogens is 443 g/mol. The van der Waals surface area contributed by atoms with Gasteiger partial charge >= 0.3 is 0 Å². The van der Waals surface area contributed by atoms with E-state index in [-0.39, 0.29) is 4.90 Å². The van der Waals surface area contributed by atoms with Gasteiger partial charge in [0.1, 0.15) is 5.69 Å². The van der Waals surface area contributed by atoms with Crippen LogP contribution in [-0.4, -0.2) is 13.4 Å². The Morgan fingerprint density at radius 1 is 0.867 bits per heavy atom. The molecule has 0 amide bonds. The van der Waals surface area contributed by atoms with Crippen LogP contribution >= 0.6 is 23.2 Å². The first-order valence-electron chi connectivity index (χ1n) is 8.93. The molecule has 0 radical (unpaired) electrons. The minimum Gasteiger partial charge on any atom is -0.440 e. The molecule has 3 aromatic carbocycles. The summed E-state index contributed by atoms with van der Waals surface area (Å²) < 4.78 is 29.2. The molecule has 0 saturated heterocycles. The number of nitrogens with zero attached hydrogens (tertiary/aromatic N) is 1. The number of aromatic nitrogens is 1. The van der Waals surface area contributed by atoms with E-state index in [0.29, 0.717) is 44.9 Å². The second-order valence-corrected chi connectivity index (χ2v) is 9.11. The molecule has 0 fully saturated rings. The monoisotopic (exact) mass is 458 g/mol. The number of rotatable bonds is 5. The van der Waals surface area contributed by atoms with E-state index in [1.54, 1.807) is 30.3 Å². The van der Waals surface area contributed by atoms with Gasteiger partial charge in [0.15, 0.2) is 11.7 Å². The predicted octanol–water partition coefficient (Wildman–Crippen LogP) is 5.55. The maximum Gasteiger partial charge on any atom is 0.238 e. The zero-order valence-corrected chi connectivity index (χ0v) is 17.9. The van der Waals surface area contributed by atoms with E-state index < -0.39 is 10.0 Å². The Kier molecular flexibility index (Phi) is 5.66. The van der Waals surface area contributed by atoms with E-state index in [9.17, 15) is 8.42 Å². The van der Waals surface area contributed by atoms with Crippen LogP contribution in [0.15, 0.2) is 82.1 Å². The van der Waals surface area contributed by atoms with Crippen LogP contribution in [0.25, 0.3) is 22.6 Å². The molecule has 0 spiro atoms. The lowest BCUT2D eigenvalue weighted by Crippen LogP contribution is -2.11. The van der Waals surface area contributed by atoms with E-state index in [0.717, 1.165) is 5.56 Å². The molecule has 0 aliphatic rings. The van der Waals surface area contributed by atoms with Gasteiger partial charge in [-0.3, -0.25) is 0 Å². The molecule has 1 aromatic heterocycles. The largest absolute Gasteiger partial charge is 0.440 e. The van der Waals surface area contributed by atoms with Crippen LogP contribution in [0.5, 0.6) is 0 Å². The maximum atomic E-state index is 11.6. The standard InChI is InChI=1S/C22H16Cl2N2O3S/c23-17-11-16(12-18(24)13-17)22-21(15-6-8-19(9-7-15)30(25,27)28)26-20(29-22)10-14-4-2-1-3-5-14/h1-9,11-13H,10H2,(H2,25,27,28). The van der Waals surface area contributed by atoms with Crippen molar-refractivity contribution in [1.82, 2.24) is 4.98 Å². The molecule has 4 aromatic rings. The Morgan fingerprint density at radius 3 is 2.10 bits per heavy atom. The normalized spacial score (nSPS) is 11.6. The van der Waals surface area contributed by atoms with Crippen molar-refractivity contribution in [3.63, 3.8) is 0 Å². The van der Waals surface area contributed by atoms with Gasteiger partial charge in [-0.2, -0.15) is 0 Å². The lowest BCUT2D eigenvalue weighted by molar-refractivity contribution is 0.519. The summed E-state index contributed by atoms with van der Waals surface area (Å²) in [6, 6.07) is 21.1. The van der Waals surface area contributed by atoms with Gasteiger partial charge in [0.05, 0.1) is 4.90 Å². The molecule has 4 rings (SSSR count). The second-order valence-electron chi connectivity index (χ2n) is 6.68. The van der Waals surface area contributed by atoms with Crippen LogP contribution in [0.4, 0.5) is 0 Å². The molecule has 1 heterocycles. The van der Waals surface area contributed by atoms with E-state index in [2.05, 4.69) is 4.98 Å². The van der Waals surface area contributed by atoms with Crippen molar-refractivity contribution in [2.75, 3.05) is 0 Å². The summed E-state index contributed by atoms with van der Waals surface area (Å²) in [5.74, 6) is 1.01. The van der Waals surface area contributed by atoms with Gasteiger partial charge < -0.3 is 4.42 Å². The van der Waals surface area contributed by atoms with Crippen LogP contribution in [0.2, 0.25) is 10.0 Å². The number of nitrogens with two attached hydrogens (primary N) is 1. The van der Waals surface area contributed by atoms with Gasteiger partial charge in [0, 0.05) is 27.6 Å². The van der Waals surface area contributed by atoms with E-state index in [4.69, 9.17) is 32.8 Å². The SMILES string of the molecule is NS(=O)(=O)c1ccc(-c2nc(Cc3ccccc3)oc2-c2cc(Cl)cc(Cl)c2)cc1. The van der Waals surface area contributed by atoms with Crippen molar-refractivity contribution < 1.29 is 12.8 Å². The Balaban J connectivity index is 1.83. The first kappa shape index (κ1) is 20.6. The molecule has 0 aliphatic carbocycles. The van der Waals surface area contributed by atoms with Crippen molar-refractivity contribution >= 4 is 33.2 Å². The number of halogens is 2. The van der Waals surface area contributed by atoms with Crippen LogP contribution in [0.3, 0.4) is 0 Å². The average molecular weight is 459 g/mol. The summed E-state index contributed by atoms with van der Waals surface area (Å²) in [5.41, 5.74) is 2.95. The number of primary sulfonamides is 1. The molecule has 152 valence electrons. The van der Waals surface area contributed by atoms with Gasteiger partial charge in [0.25, 0.3) is 0 Å². The predicted molar refractivity (Wildman–Crippen MR) is 118 cm³/mol. The summed E-state index contributed by atoms with van der Waals surface area (Å²) in [6.07, 6.45) is 0.497. The molecule has 0 saturated carbocycles. The molecule has 0 unspecified atom stereocenters. The smallest absolute Gasteiger partial charge is 0.238 e. The highest BCUT2D eigenvalue weighted by atomic mass is 35.5. The highest BCUT2D eigenvalue weighted by Gasteiger charge is 2.19. The van der Waals surface area contributed by atoms with Crippen molar-refractivity contribution in [3.05, 3.63) is 94.3 Å². The van der Waals surface area contributed by atoms with Crippen LogP contribution in [0, 0.1) is 0 Å². The van der Waals surface area contributed by atoms with Crippen LogP contribution in [0.1, 0.15) is 11.5 Å². The fraction of sp³-hybridized carbons (Fsp3) is 0.0455. The number of hydrogen-bond acceptors (Lipinski definition) is 4. The van der Waals surface area contributed by atoms with Gasteiger partial charge in [-0.15, -0.1) is 0 Å². The highest BCUT2D eigenvalue weighted by molar-refractivity contribution is 7.89. The van der Waals surface area contributed by atoms with Crippen molar-refractivity contribution in [1.29, 1.82) is 0 Å². The zero-order valence-electron chi connectivity index (χ0n) is 15.5. The van der Waals surface area contributed by atoms with Gasteiger partial charge in [0.2, 0.25) is 10.0 Å². The molecule has 0 bridgehead atoms. The summed E-state index contributed by atoms with van der Waals surface area (Å²) in [5, 5.41) is 6.13. The summed E-state index contributed by atoms with van der Waals surface area (Å²) in [7, 11) is -3.79. The Morgan fingerprint density at radius 2 is 1.50 bits per heavy atom. The molecule has 8 heteroatoms. The Hall–Kier alpha value is -2.64. The third-order valence-electron chi connectivity index (χ3n) is 4.45. The van der Waals surface area contributed by atoms with Crippen molar-refractivity contribution in [2.45, 2.75) is 11.3 Å². The fourth-order valence-corrected chi connectivity index (χ4v) is 4.13. The summed E-state index contributed by atoms with van der Waals surface area (Å²) >= 11 is 12.4. The summed E-state index contributed by atoms with van der Waals surface area (Å²) in [4.78, 5) is 4.69. The van der Waals surface area contributed by atoms with Gasteiger partial charge in [-0.25, -0.2) is 18.5 Å². The average Bonchev–Trinajstić information content (AvgIpc) is 3.11. The van der Waals surface area contributed by atoms with Crippen LogP contribution in [-0.2, 0) is 16.4 Å².